The van der Waals surface area contributed by atoms with Crippen LogP contribution in [-0.4, -0.2) is 63.4 Å². The molecule has 5 aromatic rings. The Morgan fingerprint density at radius 2 is 1.95 bits per heavy atom. The third kappa shape index (κ3) is 6.14. The number of rotatable bonds is 10. The minimum Gasteiger partial charge on any atom is -0.385 e. The Bertz CT molecular complexity index is 1720. The lowest BCUT2D eigenvalue weighted by Crippen LogP contribution is -2.42. The smallest absolute Gasteiger partial charge is 0.224 e. The lowest BCUT2D eigenvalue weighted by molar-refractivity contribution is -0.132. The maximum atomic E-state index is 13.4. The Balaban J connectivity index is 1.09. The first-order valence-corrected chi connectivity index (χ1v) is 15.2. The lowest BCUT2D eigenvalue weighted by atomic mass is 9.95. The van der Waals surface area contributed by atoms with E-state index in [0.29, 0.717) is 31.8 Å². The Hall–Kier alpha value is -4.21. The van der Waals surface area contributed by atoms with Crippen LogP contribution in [0.3, 0.4) is 0 Å². The van der Waals surface area contributed by atoms with E-state index in [1.165, 1.54) is 5.56 Å². The van der Waals surface area contributed by atoms with Crippen molar-refractivity contribution in [1.82, 2.24) is 24.6 Å². The SMILES string of the molecule is COCCCn1c([C@@H]2CCCN(C(=O)C[C@H](N)Cc3ccc(-c4ccc5[nH]nc(N)c5c4)cc3)C2)nc2c(C)cccc21. The van der Waals surface area contributed by atoms with Gasteiger partial charge in [-0.15, -0.1) is 0 Å². The number of benzene rings is 3. The molecule has 3 aromatic carbocycles. The highest BCUT2D eigenvalue weighted by molar-refractivity contribution is 5.92. The maximum absolute atomic E-state index is 13.4. The lowest BCUT2D eigenvalue weighted by Gasteiger charge is -2.33. The molecule has 5 N–H and O–H groups in total. The molecule has 1 aliphatic heterocycles. The zero-order chi connectivity index (χ0) is 29.9. The molecule has 0 radical (unpaired) electrons. The number of aromatic nitrogens is 4. The number of carbonyl (C=O) groups excluding carboxylic acids is 1. The van der Waals surface area contributed by atoms with Crippen LogP contribution in [0.4, 0.5) is 5.82 Å². The van der Waals surface area contributed by atoms with Crippen LogP contribution in [0.2, 0.25) is 0 Å². The summed E-state index contributed by atoms with van der Waals surface area (Å²) in [6.07, 6.45) is 3.88. The van der Waals surface area contributed by atoms with Crippen LogP contribution in [-0.2, 0) is 22.5 Å². The van der Waals surface area contributed by atoms with Crippen molar-refractivity contribution in [2.75, 3.05) is 32.5 Å². The fourth-order valence-electron chi connectivity index (χ4n) is 6.41. The predicted molar refractivity (Wildman–Crippen MR) is 172 cm³/mol. The van der Waals surface area contributed by atoms with Gasteiger partial charge < -0.3 is 25.7 Å². The number of aryl methyl sites for hydroxylation is 2. The topological polar surface area (TPSA) is 128 Å². The van der Waals surface area contributed by atoms with Gasteiger partial charge in [0.2, 0.25) is 5.91 Å². The third-order valence-electron chi connectivity index (χ3n) is 8.69. The van der Waals surface area contributed by atoms with E-state index in [4.69, 9.17) is 21.2 Å². The Labute approximate surface area is 252 Å². The number of aromatic amines is 1. The second-order valence-electron chi connectivity index (χ2n) is 11.8. The number of hydrogen-bond acceptors (Lipinski definition) is 6. The first-order valence-electron chi connectivity index (χ1n) is 15.2. The van der Waals surface area contributed by atoms with Gasteiger partial charge in [-0.1, -0.05) is 42.5 Å². The number of hydrogen-bond donors (Lipinski definition) is 3. The summed E-state index contributed by atoms with van der Waals surface area (Å²) < 4.78 is 7.67. The highest BCUT2D eigenvalue weighted by atomic mass is 16.5. The van der Waals surface area contributed by atoms with Crippen molar-refractivity contribution in [1.29, 1.82) is 0 Å². The molecule has 9 nitrogen and oxygen atoms in total. The number of nitrogens with two attached hydrogens (primary N) is 2. The Kier molecular flexibility index (Phi) is 8.44. The third-order valence-corrected chi connectivity index (χ3v) is 8.69. The van der Waals surface area contributed by atoms with E-state index >= 15 is 0 Å². The summed E-state index contributed by atoms with van der Waals surface area (Å²) in [6.45, 7) is 5.12. The van der Waals surface area contributed by atoms with Crippen molar-refractivity contribution in [3.63, 3.8) is 0 Å². The van der Waals surface area contributed by atoms with Crippen molar-refractivity contribution in [3.05, 3.63) is 77.6 Å². The standard InChI is InChI=1S/C34H41N7O2/c1-22-6-3-8-30-32(22)37-34(41(30)16-5-17-43-2)26-7-4-15-40(21-26)31(42)20-27(35)18-23-9-11-24(12-10-23)25-13-14-29-28(19-25)33(36)39-38-29/h3,6,8-14,19,26-27H,4-5,7,15-18,20-21,35H2,1-2H3,(H3,36,38,39)/t26-,27-/m1/s1. The van der Waals surface area contributed by atoms with Crippen LogP contribution in [0.15, 0.2) is 60.7 Å². The fraction of sp³-hybridized carbons (Fsp3) is 0.382. The van der Waals surface area contributed by atoms with Crippen LogP contribution in [0.1, 0.15) is 48.6 Å². The second-order valence-corrected chi connectivity index (χ2v) is 11.8. The summed E-state index contributed by atoms with van der Waals surface area (Å²) in [5.74, 6) is 1.90. The van der Waals surface area contributed by atoms with Crippen LogP contribution >= 0.6 is 0 Å². The van der Waals surface area contributed by atoms with E-state index in [1.54, 1.807) is 7.11 Å². The highest BCUT2D eigenvalue weighted by Crippen LogP contribution is 2.31. The number of nitrogens with zero attached hydrogens (tertiary/aromatic N) is 4. The zero-order valence-electron chi connectivity index (χ0n) is 25.1. The molecule has 1 fully saturated rings. The first kappa shape index (κ1) is 28.9. The van der Waals surface area contributed by atoms with Crippen molar-refractivity contribution >= 4 is 33.7 Å². The minimum atomic E-state index is -0.248. The summed E-state index contributed by atoms with van der Waals surface area (Å²) in [7, 11) is 1.74. The number of nitrogens with one attached hydrogen (secondary N) is 1. The Morgan fingerprint density at radius 3 is 2.77 bits per heavy atom. The summed E-state index contributed by atoms with van der Waals surface area (Å²) in [5, 5.41) is 7.94. The van der Waals surface area contributed by atoms with Crippen molar-refractivity contribution < 1.29 is 9.53 Å². The molecule has 0 bridgehead atoms. The minimum absolute atomic E-state index is 0.123. The number of para-hydroxylation sites is 1. The monoisotopic (exact) mass is 579 g/mol. The van der Waals surface area contributed by atoms with Gasteiger partial charge in [0.15, 0.2) is 5.82 Å². The second kappa shape index (κ2) is 12.6. The quantitative estimate of drug-likeness (QED) is 0.196. The number of methoxy groups -OCH3 is 1. The molecule has 2 atom stereocenters. The first-order chi connectivity index (χ1) is 20.9. The van der Waals surface area contributed by atoms with E-state index in [9.17, 15) is 4.79 Å². The summed E-state index contributed by atoms with van der Waals surface area (Å²) >= 11 is 0. The molecule has 9 heteroatoms. The van der Waals surface area contributed by atoms with Crippen LogP contribution in [0, 0.1) is 6.92 Å². The number of ether oxygens (including phenoxy) is 1. The van der Waals surface area contributed by atoms with Gasteiger partial charge in [-0.25, -0.2) is 4.98 Å². The number of anilines is 1. The van der Waals surface area contributed by atoms with Crippen LogP contribution < -0.4 is 11.5 Å². The molecule has 1 saturated heterocycles. The molecule has 6 rings (SSSR count). The number of likely N-dealkylation sites (tertiary alicyclic amines) is 1. The van der Waals surface area contributed by atoms with E-state index in [2.05, 4.69) is 76.3 Å². The average molecular weight is 580 g/mol. The van der Waals surface area contributed by atoms with Crippen LogP contribution in [0.25, 0.3) is 33.1 Å². The molecule has 43 heavy (non-hydrogen) atoms. The summed E-state index contributed by atoms with van der Waals surface area (Å²) in [4.78, 5) is 20.6. The van der Waals surface area contributed by atoms with E-state index in [0.717, 1.165) is 76.8 Å². The highest BCUT2D eigenvalue weighted by Gasteiger charge is 2.29. The van der Waals surface area contributed by atoms with Gasteiger partial charge in [0.05, 0.1) is 16.6 Å². The largest absolute Gasteiger partial charge is 0.385 e. The molecule has 0 saturated carbocycles. The molecule has 1 aliphatic rings. The van der Waals surface area contributed by atoms with Gasteiger partial charge >= 0.3 is 0 Å². The molecule has 0 spiro atoms. The molecule has 3 heterocycles. The number of fused-ring (bicyclic) bond motifs is 2. The molecule has 2 aromatic heterocycles. The molecule has 1 amide bonds. The summed E-state index contributed by atoms with van der Waals surface area (Å²) in [5.41, 5.74) is 20.1. The molecule has 0 aliphatic carbocycles. The zero-order valence-corrected chi connectivity index (χ0v) is 25.1. The van der Waals surface area contributed by atoms with E-state index < -0.39 is 0 Å². The molecular formula is C34H41N7O2. The summed E-state index contributed by atoms with van der Waals surface area (Å²) in [6, 6.07) is 20.6. The van der Waals surface area contributed by atoms with E-state index in [1.807, 2.05) is 11.0 Å². The molecule has 224 valence electrons. The molecule has 0 unspecified atom stereocenters. The molecular weight excluding hydrogens is 538 g/mol. The van der Waals surface area contributed by atoms with E-state index in [-0.39, 0.29) is 17.9 Å². The van der Waals surface area contributed by atoms with Gasteiger partial charge in [0, 0.05) is 57.1 Å². The van der Waals surface area contributed by atoms with Crippen molar-refractivity contribution in [2.24, 2.45) is 5.73 Å². The van der Waals surface area contributed by atoms with Gasteiger partial charge in [0.25, 0.3) is 0 Å². The fourth-order valence-corrected chi connectivity index (χ4v) is 6.41. The van der Waals surface area contributed by atoms with Gasteiger partial charge in [-0.3, -0.25) is 9.89 Å². The number of amides is 1. The Morgan fingerprint density at radius 1 is 1.14 bits per heavy atom. The van der Waals surface area contributed by atoms with Crippen molar-refractivity contribution in [2.45, 2.75) is 57.5 Å². The van der Waals surface area contributed by atoms with Gasteiger partial charge in [-0.05, 0) is 73.1 Å². The normalized spacial score (nSPS) is 16.3. The van der Waals surface area contributed by atoms with Crippen LogP contribution in [0.5, 0.6) is 0 Å². The average Bonchev–Trinajstić information content (AvgIpc) is 3.58. The number of carbonyl (C=O) groups is 1. The number of nitrogen functional groups attached to an aromatic ring is 1. The van der Waals surface area contributed by atoms with Gasteiger partial charge in [-0.2, -0.15) is 5.10 Å². The maximum Gasteiger partial charge on any atom is 0.224 e. The number of H-pyrrole nitrogens is 1. The number of imidazole rings is 1. The van der Waals surface area contributed by atoms with Crippen molar-refractivity contribution in [3.8, 4) is 11.1 Å². The number of piperidine rings is 1. The van der Waals surface area contributed by atoms with Gasteiger partial charge in [0.1, 0.15) is 5.82 Å². The predicted octanol–water partition coefficient (Wildman–Crippen LogP) is 5.17.